The van der Waals surface area contributed by atoms with Gasteiger partial charge in [0.2, 0.25) is 0 Å². The van der Waals surface area contributed by atoms with Crippen molar-refractivity contribution >= 4 is 11.9 Å². The Morgan fingerprint density at radius 2 is 1.48 bits per heavy atom. The molecule has 0 aliphatic carbocycles. The zero-order valence-electron chi connectivity index (χ0n) is 15.6. The lowest BCUT2D eigenvalue weighted by molar-refractivity contribution is 0.444. The lowest BCUT2D eigenvalue weighted by Crippen LogP contribution is -2.17. The van der Waals surface area contributed by atoms with E-state index in [1.54, 1.807) is 0 Å². The smallest absolute Gasteiger partial charge is 0.151 e. The first-order valence-electron chi connectivity index (χ1n) is 8.27. The number of aliphatic imine (C=N–C) groups is 1. The molecule has 25 heavy (non-hydrogen) atoms. The van der Waals surface area contributed by atoms with E-state index in [-0.39, 0.29) is 22.3 Å². The minimum absolute atomic E-state index is 0.0843. The van der Waals surface area contributed by atoms with E-state index in [9.17, 15) is 13.9 Å². The summed E-state index contributed by atoms with van der Waals surface area (Å²) in [6.45, 7) is 12.2. The minimum atomic E-state index is -0.737. The van der Waals surface area contributed by atoms with Crippen LogP contribution in [0.5, 0.6) is 5.75 Å². The summed E-state index contributed by atoms with van der Waals surface area (Å²) < 4.78 is 27.5. The summed E-state index contributed by atoms with van der Waals surface area (Å²) in [4.78, 5) is 3.95. The Balaban J connectivity index is 2.63. The second-order valence-electron chi connectivity index (χ2n) is 8.29. The molecule has 0 aliphatic heterocycles. The number of phenolic OH excluding ortho intramolecular Hbond substituents is 1. The van der Waals surface area contributed by atoms with E-state index in [0.29, 0.717) is 5.56 Å². The summed E-state index contributed by atoms with van der Waals surface area (Å²) in [7, 11) is 0. The van der Waals surface area contributed by atoms with Gasteiger partial charge in [0, 0.05) is 17.3 Å². The highest BCUT2D eigenvalue weighted by molar-refractivity contribution is 5.86. The highest BCUT2D eigenvalue weighted by Gasteiger charge is 2.24. The van der Waals surface area contributed by atoms with Gasteiger partial charge in [-0.2, -0.15) is 0 Å². The predicted molar refractivity (Wildman–Crippen MR) is 99.1 cm³/mol. The van der Waals surface area contributed by atoms with E-state index in [1.807, 2.05) is 32.9 Å². The van der Waals surface area contributed by atoms with Crippen molar-refractivity contribution < 1.29 is 13.9 Å². The van der Waals surface area contributed by atoms with Gasteiger partial charge in [-0.15, -0.1) is 0 Å². The van der Waals surface area contributed by atoms with E-state index in [4.69, 9.17) is 0 Å². The van der Waals surface area contributed by atoms with Crippen LogP contribution >= 0.6 is 0 Å². The number of nitrogens with zero attached hydrogens (tertiary/aromatic N) is 1. The number of hydrogen-bond acceptors (Lipinski definition) is 2. The van der Waals surface area contributed by atoms with Gasteiger partial charge in [-0.3, -0.25) is 0 Å². The second-order valence-corrected chi connectivity index (χ2v) is 8.29. The Labute approximate surface area is 148 Å². The summed E-state index contributed by atoms with van der Waals surface area (Å²) in [6.07, 6.45) is 1.32. The molecule has 0 atom stereocenters. The quantitative estimate of drug-likeness (QED) is 0.664. The van der Waals surface area contributed by atoms with Crippen LogP contribution in [0.15, 0.2) is 35.3 Å². The van der Waals surface area contributed by atoms with Gasteiger partial charge in [0.05, 0.1) is 0 Å². The average Bonchev–Trinajstić information content (AvgIpc) is 2.45. The van der Waals surface area contributed by atoms with E-state index >= 15 is 0 Å². The molecule has 0 unspecified atom stereocenters. The van der Waals surface area contributed by atoms with Crippen LogP contribution in [0, 0.1) is 11.6 Å². The maximum Gasteiger partial charge on any atom is 0.151 e. The van der Waals surface area contributed by atoms with Gasteiger partial charge in [0.25, 0.3) is 0 Å². The van der Waals surface area contributed by atoms with Gasteiger partial charge < -0.3 is 5.11 Å². The standard InChI is InChI=1S/C21H25F2NO/c1-20(2,3)14-10-13(19(25)15(11-14)21(4,5)6)12-24-18-16(22)8-7-9-17(18)23/h7-12,25H,1-6H3. The molecule has 2 rings (SSSR count). The summed E-state index contributed by atoms with van der Waals surface area (Å²) in [5.41, 5.74) is 1.46. The van der Waals surface area contributed by atoms with Gasteiger partial charge in [0.1, 0.15) is 11.4 Å². The van der Waals surface area contributed by atoms with Crippen LogP contribution in [0.25, 0.3) is 0 Å². The monoisotopic (exact) mass is 345 g/mol. The Morgan fingerprint density at radius 1 is 0.920 bits per heavy atom. The average molecular weight is 345 g/mol. The SMILES string of the molecule is CC(C)(C)c1cc(C=Nc2c(F)cccc2F)c(O)c(C(C)(C)C)c1. The second kappa shape index (κ2) is 6.58. The van der Waals surface area contributed by atoms with Crippen molar-refractivity contribution in [2.75, 3.05) is 0 Å². The molecule has 4 heteroatoms. The fraction of sp³-hybridized carbons (Fsp3) is 0.381. The minimum Gasteiger partial charge on any atom is -0.507 e. The molecule has 0 radical (unpaired) electrons. The fourth-order valence-corrected chi connectivity index (χ4v) is 2.51. The molecular formula is C21H25F2NO. The van der Waals surface area contributed by atoms with Crippen LogP contribution < -0.4 is 0 Å². The number of para-hydroxylation sites is 1. The molecular weight excluding hydrogens is 320 g/mol. The van der Waals surface area contributed by atoms with Gasteiger partial charge in [-0.1, -0.05) is 53.7 Å². The van der Waals surface area contributed by atoms with Crippen LogP contribution in [0.2, 0.25) is 0 Å². The maximum absolute atomic E-state index is 13.8. The molecule has 134 valence electrons. The molecule has 2 nitrogen and oxygen atoms in total. The lowest BCUT2D eigenvalue weighted by atomic mass is 9.79. The van der Waals surface area contributed by atoms with Crippen molar-refractivity contribution in [3.63, 3.8) is 0 Å². The van der Waals surface area contributed by atoms with Gasteiger partial charge in [0.15, 0.2) is 11.6 Å². The largest absolute Gasteiger partial charge is 0.507 e. The number of rotatable bonds is 2. The van der Waals surface area contributed by atoms with Crippen molar-refractivity contribution in [1.82, 2.24) is 0 Å². The van der Waals surface area contributed by atoms with E-state index < -0.39 is 11.6 Å². The number of hydrogen-bond donors (Lipinski definition) is 1. The van der Waals surface area contributed by atoms with E-state index in [0.717, 1.165) is 23.3 Å². The molecule has 0 heterocycles. The third kappa shape index (κ3) is 4.25. The van der Waals surface area contributed by atoms with Crippen LogP contribution in [-0.4, -0.2) is 11.3 Å². The summed E-state index contributed by atoms with van der Waals surface area (Å²) >= 11 is 0. The molecule has 0 saturated heterocycles. The molecule has 0 aromatic heterocycles. The summed E-state index contributed by atoms with van der Waals surface area (Å²) in [5, 5.41) is 10.7. The first-order chi connectivity index (χ1) is 11.4. The number of halogens is 2. The maximum atomic E-state index is 13.8. The molecule has 0 fully saturated rings. The zero-order valence-corrected chi connectivity index (χ0v) is 15.6. The highest BCUT2D eigenvalue weighted by Crippen LogP contribution is 2.37. The molecule has 0 bridgehead atoms. The molecule has 0 amide bonds. The first kappa shape index (κ1) is 19.1. The van der Waals surface area contributed by atoms with Crippen molar-refractivity contribution in [2.24, 2.45) is 4.99 Å². The van der Waals surface area contributed by atoms with Crippen LogP contribution in [0.1, 0.15) is 58.2 Å². The third-order valence-electron chi connectivity index (χ3n) is 4.08. The van der Waals surface area contributed by atoms with Gasteiger partial charge in [-0.05, 0) is 34.6 Å². The number of aromatic hydroxyl groups is 1. The molecule has 0 spiro atoms. The molecule has 1 N–H and O–H groups in total. The Kier molecular flexibility index (Phi) is 5.03. The summed E-state index contributed by atoms with van der Waals surface area (Å²) in [5.74, 6) is -1.39. The highest BCUT2D eigenvalue weighted by atomic mass is 19.1. The predicted octanol–water partition coefficient (Wildman–Crippen LogP) is 6.02. The number of benzene rings is 2. The molecule has 2 aromatic carbocycles. The Bertz CT molecular complexity index is 792. The first-order valence-corrected chi connectivity index (χ1v) is 8.27. The van der Waals surface area contributed by atoms with Crippen LogP contribution in [0.4, 0.5) is 14.5 Å². The Morgan fingerprint density at radius 3 is 1.96 bits per heavy atom. The van der Waals surface area contributed by atoms with E-state index in [2.05, 4.69) is 25.8 Å². The van der Waals surface area contributed by atoms with Crippen LogP contribution in [-0.2, 0) is 10.8 Å². The van der Waals surface area contributed by atoms with Gasteiger partial charge in [-0.25, -0.2) is 13.8 Å². The van der Waals surface area contributed by atoms with Crippen molar-refractivity contribution in [3.8, 4) is 5.75 Å². The summed E-state index contributed by atoms with van der Waals surface area (Å²) in [6, 6.07) is 7.39. The topological polar surface area (TPSA) is 32.6 Å². The van der Waals surface area contributed by atoms with Crippen molar-refractivity contribution in [3.05, 3.63) is 58.7 Å². The fourth-order valence-electron chi connectivity index (χ4n) is 2.51. The van der Waals surface area contributed by atoms with Crippen molar-refractivity contribution in [2.45, 2.75) is 52.4 Å². The van der Waals surface area contributed by atoms with Crippen LogP contribution in [0.3, 0.4) is 0 Å². The number of phenols is 1. The normalized spacial score (nSPS) is 12.8. The molecule has 0 saturated carbocycles. The zero-order chi connectivity index (χ0) is 19.0. The lowest BCUT2D eigenvalue weighted by Gasteiger charge is -2.27. The van der Waals surface area contributed by atoms with E-state index in [1.165, 1.54) is 12.3 Å². The molecule has 2 aromatic rings. The van der Waals surface area contributed by atoms with Crippen molar-refractivity contribution in [1.29, 1.82) is 0 Å². The Hall–Kier alpha value is -2.23. The molecule has 0 aliphatic rings. The van der Waals surface area contributed by atoms with Gasteiger partial charge >= 0.3 is 0 Å². The third-order valence-corrected chi connectivity index (χ3v) is 4.08.